The van der Waals surface area contributed by atoms with Crippen LogP contribution in [0.5, 0.6) is 0 Å². The van der Waals surface area contributed by atoms with E-state index in [0.717, 1.165) is 5.56 Å². The molecule has 1 heterocycles. The van der Waals surface area contributed by atoms with Gasteiger partial charge in [0.1, 0.15) is 12.2 Å². The Morgan fingerprint density at radius 3 is 2.88 bits per heavy atom. The van der Waals surface area contributed by atoms with Crippen molar-refractivity contribution in [2.75, 3.05) is 6.61 Å². The second-order valence-electron chi connectivity index (χ2n) is 3.72. The second-order valence-corrected chi connectivity index (χ2v) is 3.72. The van der Waals surface area contributed by atoms with E-state index in [4.69, 9.17) is 9.47 Å². The fourth-order valence-corrected chi connectivity index (χ4v) is 1.68. The van der Waals surface area contributed by atoms with Gasteiger partial charge in [-0.25, -0.2) is 0 Å². The third-order valence-corrected chi connectivity index (χ3v) is 2.55. The lowest BCUT2D eigenvalue weighted by atomic mass is 10.2. The molecule has 84 valence electrons. The Bertz CT molecular complexity index is 356. The SMILES string of the molecule is C=C[C@@H](OCc1ccccc1)[C@H]1C=CCO1. The standard InChI is InChI=1S/C14H16O2/c1-2-13(14-9-6-10-15-14)16-11-12-7-4-3-5-8-12/h2-9,13-14H,1,10-11H2/t13-,14-/m1/s1. The highest BCUT2D eigenvalue weighted by Crippen LogP contribution is 2.14. The topological polar surface area (TPSA) is 18.5 Å². The van der Waals surface area contributed by atoms with Gasteiger partial charge in [-0.2, -0.15) is 0 Å². The summed E-state index contributed by atoms with van der Waals surface area (Å²) in [7, 11) is 0. The van der Waals surface area contributed by atoms with E-state index in [1.165, 1.54) is 0 Å². The third kappa shape index (κ3) is 2.81. The van der Waals surface area contributed by atoms with Crippen LogP contribution in [-0.2, 0) is 16.1 Å². The summed E-state index contributed by atoms with van der Waals surface area (Å²) >= 11 is 0. The molecule has 0 saturated heterocycles. The molecule has 0 aromatic heterocycles. The van der Waals surface area contributed by atoms with Gasteiger partial charge in [0.15, 0.2) is 0 Å². The molecular weight excluding hydrogens is 200 g/mol. The summed E-state index contributed by atoms with van der Waals surface area (Å²) in [6.45, 7) is 5.04. The average molecular weight is 216 g/mol. The van der Waals surface area contributed by atoms with Crippen LogP contribution in [0.4, 0.5) is 0 Å². The monoisotopic (exact) mass is 216 g/mol. The largest absolute Gasteiger partial charge is 0.367 e. The van der Waals surface area contributed by atoms with E-state index in [2.05, 4.69) is 6.58 Å². The van der Waals surface area contributed by atoms with E-state index in [9.17, 15) is 0 Å². The molecule has 1 aliphatic heterocycles. The highest BCUT2D eigenvalue weighted by molar-refractivity contribution is 5.14. The predicted molar refractivity (Wildman–Crippen MR) is 64.1 cm³/mol. The average Bonchev–Trinajstić information content (AvgIpc) is 2.85. The molecule has 1 aromatic carbocycles. The molecule has 2 atom stereocenters. The molecule has 0 spiro atoms. The zero-order valence-corrected chi connectivity index (χ0v) is 9.21. The molecule has 2 rings (SSSR count). The van der Waals surface area contributed by atoms with Crippen molar-refractivity contribution in [2.24, 2.45) is 0 Å². The first-order chi connectivity index (χ1) is 7.90. The van der Waals surface area contributed by atoms with Crippen molar-refractivity contribution >= 4 is 0 Å². The van der Waals surface area contributed by atoms with E-state index in [1.807, 2.05) is 42.5 Å². The Morgan fingerprint density at radius 2 is 2.25 bits per heavy atom. The van der Waals surface area contributed by atoms with Gasteiger partial charge in [-0.3, -0.25) is 0 Å². The van der Waals surface area contributed by atoms with Gasteiger partial charge < -0.3 is 9.47 Å². The first-order valence-electron chi connectivity index (χ1n) is 5.46. The van der Waals surface area contributed by atoms with E-state index in [0.29, 0.717) is 13.2 Å². The molecule has 0 N–H and O–H groups in total. The predicted octanol–water partition coefficient (Wildman–Crippen LogP) is 2.71. The quantitative estimate of drug-likeness (QED) is 0.704. The van der Waals surface area contributed by atoms with Crippen molar-refractivity contribution in [3.05, 3.63) is 60.7 Å². The molecule has 0 saturated carbocycles. The van der Waals surface area contributed by atoms with E-state index in [-0.39, 0.29) is 12.2 Å². The Hall–Kier alpha value is -1.38. The number of ether oxygens (including phenoxy) is 2. The highest BCUT2D eigenvalue weighted by atomic mass is 16.5. The molecule has 1 aliphatic rings. The summed E-state index contributed by atoms with van der Waals surface area (Å²) < 4.78 is 11.3. The van der Waals surface area contributed by atoms with Crippen molar-refractivity contribution in [3.63, 3.8) is 0 Å². The molecule has 0 radical (unpaired) electrons. The van der Waals surface area contributed by atoms with Crippen LogP contribution < -0.4 is 0 Å². The summed E-state index contributed by atoms with van der Waals surface area (Å²) in [5, 5.41) is 0. The van der Waals surface area contributed by atoms with E-state index >= 15 is 0 Å². The van der Waals surface area contributed by atoms with E-state index < -0.39 is 0 Å². The van der Waals surface area contributed by atoms with Gasteiger partial charge in [0.2, 0.25) is 0 Å². The Balaban J connectivity index is 1.88. The fraction of sp³-hybridized carbons (Fsp3) is 0.286. The molecule has 0 aliphatic carbocycles. The Labute approximate surface area is 96.2 Å². The van der Waals surface area contributed by atoms with Gasteiger partial charge in [-0.05, 0) is 5.56 Å². The van der Waals surface area contributed by atoms with Gasteiger partial charge in [0, 0.05) is 0 Å². The van der Waals surface area contributed by atoms with Crippen LogP contribution in [-0.4, -0.2) is 18.8 Å². The van der Waals surface area contributed by atoms with Crippen molar-refractivity contribution in [2.45, 2.75) is 18.8 Å². The lowest BCUT2D eigenvalue weighted by Crippen LogP contribution is -2.25. The van der Waals surface area contributed by atoms with Crippen LogP contribution in [0.15, 0.2) is 55.1 Å². The van der Waals surface area contributed by atoms with Crippen molar-refractivity contribution in [1.82, 2.24) is 0 Å². The van der Waals surface area contributed by atoms with Crippen molar-refractivity contribution in [1.29, 1.82) is 0 Å². The summed E-state index contributed by atoms with van der Waals surface area (Å²) in [6.07, 6.45) is 5.77. The minimum Gasteiger partial charge on any atom is -0.367 e. The number of hydrogen-bond acceptors (Lipinski definition) is 2. The normalized spacial score (nSPS) is 20.9. The van der Waals surface area contributed by atoms with Crippen LogP contribution in [0.3, 0.4) is 0 Å². The van der Waals surface area contributed by atoms with Crippen LogP contribution >= 0.6 is 0 Å². The number of benzene rings is 1. The third-order valence-electron chi connectivity index (χ3n) is 2.55. The molecule has 1 aromatic rings. The summed E-state index contributed by atoms with van der Waals surface area (Å²) in [4.78, 5) is 0. The van der Waals surface area contributed by atoms with Crippen molar-refractivity contribution < 1.29 is 9.47 Å². The zero-order chi connectivity index (χ0) is 11.2. The van der Waals surface area contributed by atoms with Gasteiger partial charge >= 0.3 is 0 Å². The second kappa shape index (κ2) is 5.64. The summed E-state index contributed by atoms with van der Waals surface area (Å²) in [5.41, 5.74) is 1.16. The molecule has 2 nitrogen and oxygen atoms in total. The van der Waals surface area contributed by atoms with Crippen molar-refractivity contribution in [3.8, 4) is 0 Å². The molecule has 2 heteroatoms. The van der Waals surface area contributed by atoms with Crippen LogP contribution in [0.1, 0.15) is 5.56 Å². The van der Waals surface area contributed by atoms with Gasteiger partial charge in [0.05, 0.1) is 13.2 Å². The molecule has 0 bridgehead atoms. The molecule has 16 heavy (non-hydrogen) atoms. The lowest BCUT2D eigenvalue weighted by molar-refractivity contribution is -0.0193. The van der Waals surface area contributed by atoms with Crippen LogP contribution in [0.2, 0.25) is 0 Å². The maximum absolute atomic E-state index is 5.77. The zero-order valence-electron chi connectivity index (χ0n) is 9.21. The van der Waals surface area contributed by atoms with E-state index in [1.54, 1.807) is 6.08 Å². The fourth-order valence-electron chi connectivity index (χ4n) is 1.68. The van der Waals surface area contributed by atoms with Gasteiger partial charge in [0.25, 0.3) is 0 Å². The highest BCUT2D eigenvalue weighted by Gasteiger charge is 2.19. The minimum atomic E-state index is -0.0704. The first-order valence-corrected chi connectivity index (χ1v) is 5.46. The first kappa shape index (κ1) is 11.1. The number of hydrogen-bond donors (Lipinski definition) is 0. The maximum Gasteiger partial charge on any atom is 0.106 e. The summed E-state index contributed by atoms with van der Waals surface area (Å²) in [5.74, 6) is 0. The smallest absolute Gasteiger partial charge is 0.106 e. The Morgan fingerprint density at radius 1 is 1.44 bits per heavy atom. The van der Waals surface area contributed by atoms with Crippen LogP contribution in [0.25, 0.3) is 0 Å². The van der Waals surface area contributed by atoms with Crippen LogP contribution in [0, 0.1) is 0 Å². The molecular formula is C14H16O2. The maximum atomic E-state index is 5.77. The van der Waals surface area contributed by atoms with Gasteiger partial charge in [-0.1, -0.05) is 48.6 Å². The molecule has 0 fully saturated rings. The molecule has 0 amide bonds. The lowest BCUT2D eigenvalue weighted by Gasteiger charge is -2.19. The minimum absolute atomic E-state index is 0.0150. The van der Waals surface area contributed by atoms with Gasteiger partial charge in [-0.15, -0.1) is 6.58 Å². The number of rotatable bonds is 5. The molecule has 0 unspecified atom stereocenters. The Kier molecular flexibility index (Phi) is 3.91. The summed E-state index contributed by atoms with van der Waals surface area (Å²) in [6, 6.07) is 10.1.